The number of rotatable bonds is 5. The van der Waals surface area contributed by atoms with Gasteiger partial charge < -0.3 is 10.6 Å². The number of aromatic nitrogens is 1. The summed E-state index contributed by atoms with van der Waals surface area (Å²) in [4.78, 5) is 16.8. The van der Waals surface area contributed by atoms with Gasteiger partial charge in [-0.25, -0.2) is 0 Å². The molecular formula is C16H25N3OS. The lowest BCUT2D eigenvalue weighted by Crippen LogP contribution is -2.39. The Morgan fingerprint density at radius 2 is 2.29 bits per heavy atom. The Balaban J connectivity index is 2.06. The molecule has 2 N–H and O–H groups in total. The van der Waals surface area contributed by atoms with Crippen molar-refractivity contribution in [2.45, 2.75) is 50.8 Å². The number of aryl methyl sites for hydroxylation is 1. The predicted octanol–water partition coefficient (Wildman–Crippen LogP) is 3.23. The summed E-state index contributed by atoms with van der Waals surface area (Å²) >= 11 is 1.91. The van der Waals surface area contributed by atoms with Crippen LogP contribution in [0.1, 0.15) is 48.7 Å². The number of thioether (sulfide) groups is 1. The smallest absolute Gasteiger partial charge is 0.255 e. The molecule has 0 radical (unpaired) electrons. The van der Waals surface area contributed by atoms with Crippen LogP contribution in [0.15, 0.2) is 12.3 Å². The van der Waals surface area contributed by atoms with Gasteiger partial charge in [0.1, 0.15) is 0 Å². The van der Waals surface area contributed by atoms with Crippen LogP contribution in [-0.2, 0) is 0 Å². The van der Waals surface area contributed by atoms with Crippen LogP contribution in [0.2, 0.25) is 0 Å². The first-order valence-electron chi connectivity index (χ1n) is 7.68. The molecule has 0 saturated heterocycles. The van der Waals surface area contributed by atoms with E-state index in [1.54, 1.807) is 6.20 Å². The fraction of sp³-hybridized carbons (Fsp3) is 0.625. The molecular weight excluding hydrogens is 282 g/mol. The van der Waals surface area contributed by atoms with Gasteiger partial charge in [0, 0.05) is 29.7 Å². The molecule has 2 rings (SSSR count). The largest absolute Gasteiger partial charge is 0.385 e. The maximum atomic E-state index is 12.5. The van der Waals surface area contributed by atoms with Crippen molar-refractivity contribution in [3.05, 3.63) is 23.5 Å². The second-order valence-electron chi connectivity index (χ2n) is 5.60. The Labute approximate surface area is 131 Å². The van der Waals surface area contributed by atoms with E-state index in [4.69, 9.17) is 0 Å². The molecule has 1 aromatic heterocycles. The number of anilines is 1. The van der Waals surface area contributed by atoms with Crippen LogP contribution in [0.3, 0.4) is 0 Å². The molecule has 0 aliphatic heterocycles. The molecule has 1 aromatic rings. The molecule has 1 aliphatic rings. The second kappa shape index (κ2) is 7.69. The summed E-state index contributed by atoms with van der Waals surface area (Å²) in [6, 6.07) is 2.23. The second-order valence-corrected chi connectivity index (χ2v) is 6.73. The molecule has 0 spiro atoms. The van der Waals surface area contributed by atoms with Crippen LogP contribution in [0.5, 0.6) is 0 Å². The number of amides is 1. The van der Waals surface area contributed by atoms with Crippen LogP contribution < -0.4 is 10.6 Å². The number of hydrogen-bond donors (Lipinski definition) is 2. The van der Waals surface area contributed by atoms with Gasteiger partial charge in [-0.3, -0.25) is 9.78 Å². The topological polar surface area (TPSA) is 54.0 Å². The van der Waals surface area contributed by atoms with Crippen molar-refractivity contribution in [1.82, 2.24) is 10.3 Å². The first kappa shape index (κ1) is 16.1. The van der Waals surface area contributed by atoms with E-state index >= 15 is 0 Å². The van der Waals surface area contributed by atoms with Crippen molar-refractivity contribution < 1.29 is 4.79 Å². The van der Waals surface area contributed by atoms with Crippen molar-refractivity contribution >= 4 is 23.4 Å². The third kappa shape index (κ3) is 4.37. The monoisotopic (exact) mass is 307 g/mol. The molecule has 5 heteroatoms. The molecule has 21 heavy (non-hydrogen) atoms. The maximum Gasteiger partial charge on any atom is 0.255 e. The highest BCUT2D eigenvalue weighted by molar-refractivity contribution is 7.99. The van der Waals surface area contributed by atoms with Gasteiger partial charge in [0.25, 0.3) is 5.91 Å². The summed E-state index contributed by atoms with van der Waals surface area (Å²) in [6.45, 7) is 4.76. The quantitative estimate of drug-likeness (QED) is 0.877. The zero-order valence-corrected chi connectivity index (χ0v) is 13.9. The van der Waals surface area contributed by atoms with E-state index in [0.29, 0.717) is 16.9 Å². The van der Waals surface area contributed by atoms with E-state index in [9.17, 15) is 4.79 Å². The molecule has 0 bridgehead atoms. The number of hydrogen-bond acceptors (Lipinski definition) is 4. The van der Waals surface area contributed by atoms with Gasteiger partial charge in [-0.05, 0) is 45.4 Å². The lowest BCUT2D eigenvalue weighted by molar-refractivity contribution is 0.0929. The lowest BCUT2D eigenvalue weighted by Gasteiger charge is -2.28. The summed E-state index contributed by atoms with van der Waals surface area (Å²) in [5.41, 5.74) is 2.44. The molecule has 1 heterocycles. The van der Waals surface area contributed by atoms with Gasteiger partial charge in [0.2, 0.25) is 0 Å². The zero-order valence-electron chi connectivity index (χ0n) is 13.1. The maximum absolute atomic E-state index is 12.5. The van der Waals surface area contributed by atoms with Crippen molar-refractivity contribution in [1.29, 1.82) is 0 Å². The SMILES string of the molecule is CCNc1cc(C)ncc1C(=O)NC1CCCC(SC)C1. The Morgan fingerprint density at radius 1 is 1.48 bits per heavy atom. The molecule has 2 unspecified atom stereocenters. The fourth-order valence-corrected chi connectivity index (χ4v) is 3.66. The number of nitrogens with zero attached hydrogens (tertiary/aromatic N) is 1. The van der Waals surface area contributed by atoms with Gasteiger partial charge in [-0.1, -0.05) is 6.42 Å². The molecule has 2 atom stereocenters. The lowest BCUT2D eigenvalue weighted by atomic mass is 9.94. The number of nitrogens with one attached hydrogen (secondary N) is 2. The summed E-state index contributed by atoms with van der Waals surface area (Å²) in [5.74, 6) is -0.00907. The number of carbonyl (C=O) groups is 1. The minimum atomic E-state index is -0.00907. The van der Waals surface area contributed by atoms with E-state index in [-0.39, 0.29) is 5.91 Å². The summed E-state index contributed by atoms with van der Waals surface area (Å²) in [6.07, 6.45) is 8.45. The van der Waals surface area contributed by atoms with Crippen molar-refractivity contribution in [2.75, 3.05) is 18.1 Å². The fourth-order valence-electron chi connectivity index (χ4n) is 2.83. The molecule has 1 amide bonds. The summed E-state index contributed by atoms with van der Waals surface area (Å²) < 4.78 is 0. The van der Waals surface area contributed by atoms with Crippen molar-refractivity contribution in [3.63, 3.8) is 0 Å². The number of carbonyl (C=O) groups excluding carboxylic acids is 1. The van der Waals surface area contributed by atoms with Crippen molar-refractivity contribution in [3.8, 4) is 0 Å². The van der Waals surface area contributed by atoms with Gasteiger partial charge in [-0.2, -0.15) is 11.8 Å². The Hall–Kier alpha value is -1.23. The molecule has 1 fully saturated rings. The zero-order chi connectivity index (χ0) is 15.2. The van der Waals surface area contributed by atoms with Crippen LogP contribution in [0, 0.1) is 6.92 Å². The van der Waals surface area contributed by atoms with E-state index in [1.165, 1.54) is 12.8 Å². The molecule has 4 nitrogen and oxygen atoms in total. The first-order chi connectivity index (χ1) is 10.1. The van der Waals surface area contributed by atoms with Crippen LogP contribution in [-0.4, -0.2) is 35.0 Å². The number of pyridine rings is 1. The minimum absolute atomic E-state index is 0.00907. The van der Waals surface area contributed by atoms with E-state index in [0.717, 1.165) is 30.8 Å². The highest BCUT2D eigenvalue weighted by Crippen LogP contribution is 2.27. The molecule has 1 saturated carbocycles. The summed E-state index contributed by atoms with van der Waals surface area (Å²) in [7, 11) is 0. The standard InChI is InChI=1S/C16H25N3OS/c1-4-17-15-8-11(2)18-10-14(15)16(20)19-12-6-5-7-13(9-12)21-3/h8,10,12-13H,4-7,9H2,1-3H3,(H,17,18)(H,19,20). The van der Waals surface area contributed by atoms with Gasteiger partial charge in [0.05, 0.1) is 11.3 Å². The summed E-state index contributed by atoms with van der Waals surface area (Å²) in [5, 5.41) is 7.11. The minimum Gasteiger partial charge on any atom is -0.385 e. The van der Waals surface area contributed by atoms with Crippen LogP contribution in [0.4, 0.5) is 5.69 Å². The Bertz CT molecular complexity index is 492. The van der Waals surface area contributed by atoms with Gasteiger partial charge in [-0.15, -0.1) is 0 Å². The molecule has 1 aliphatic carbocycles. The first-order valence-corrected chi connectivity index (χ1v) is 8.97. The molecule has 116 valence electrons. The van der Waals surface area contributed by atoms with E-state index in [2.05, 4.69) is 21.9 Å². The molecule has 0 aromatic carbocycles. The van der Waals surface area contributed by atoms with Crippen LogP contribution in [0.25, 0.3) is 0 Å². The average molecular weight is 307 g/mol. The third-order valence-electron chi connectivity index (χ3n) is 3.95. The highest BCUT2D eigenvalue weighted by atomic mass is 32.2. The normalized spacial score (nSPS) is 21.9. The van der Waals surface area contributed by atoms with Crippen molar-refractivity contribution in [2.24, 2.45) is 0 Å². The Morgan fingerprint density at radius 3 is 3.00 bits per heavy atom. The van der Waals surface area contributed by atoms with Crippen LogP contribution >= 0.6 is 11.8 Å². The van der Waals surface area contributed by atoms with Gasteiger partial charge >= 0.3 is 0 Å². The average Bonchev–Trinajstić information content (AvgIpc) is 2.48. The highest BCUT2D eigenvalue weighted by Gasteiger charge is 2.23. The Kier molecular flexibility index (Phi) is 5.91. The van der Waals surface area contributed by atoms with E-state index < -0.39 is 0 Å². The van der Waals surface area contributed by atoms with E-state index in [1.807, 2.05) is 31.7 Å². The van der Waals surface area contributed by atoms with Gasteiger partial charge in [0.15, 0.2) is 0 Å². The third-order valence-corrected chi connectivity index (χ3v) is 5.04. The predicted molar refractivity (Wildman–Crippen MR) is 90.2 cm³/mol.